The number of halogens is 3. The molecule has 7 nitrogen and oxygen atoms in total. The van der Waals surface area contributed by atoms with Crippen molar-refractivity contribution in [2.75, 3.05) is 17.1 Å². The molecular formula is C24H25F3N4O3S2. The van der Waals surface area contributed by atoms with Gasteiger partial charge in [0.1, 0.15) is 23.2 Å². The fraction of sp³-hybridized carbons (Fsp3) is 0.375. The molecular weight excluding hydrogens is 513 g/mol. The molecule has 3 aromatic rings. The molecule has 2 fully saturated rings. The Bertz CT molecular complexity index is 1330. The quantitative estimate of drug-likeness (QED) is 0.394. The molecule has 2 N–H and O–H groups in total. The topological polar surface area (TPSA) is 83.6 Å². The average molecular weight is 539 g/mol. The number of methoxy groups -OCH3 is 1. The molecule has 2 saturated heterocycles. The second-order valence-electron chi connectivity index (χ2n) is 8.94. The molecule has 0 radical (unpaired) electrons. The highest BCUT2D eigenvalue weighted by Gasteiger charge is 2.39. The van der Waals surface area contributed by atoms with Crippen LogP contribution < -0.4 is 14.8 Å². The number of thiazole rings is 1. The SMILES string of the molecule is COc1ccc(F)c(CNc2cc(F)c(S(=O)(=O)Nc3cscn3)c(F)c2)c1CN1C2CCC1CC2. The second kappa shape index (κ2) is 9.91. The fourth-order valence-electron chi connectivity index (χ4n) is 5.22. The van der Waals surface area contributed by atoms with Gasteiger partial charge in [0.25, 0.3) is 10.0 Å². The number of nitrogens with one attached hydrogen (secondary N) is 2. The molecule has 2 bridgehead atoms. The lowest BCUT2D eigenvalue weighted by atomic mass is 10.0. The summed E-state index contributed by atoms with van der Waals surface area (Å²) in [6, 6.07) is 5.58. The van der Waals surface area contributed by atoms with Gasteiger partial charge in [0, 0.05) is 47.4 Å². The summed E-state index contributed by atoms with van der Waals surface area (Å²) in [7, 11) is -3.01. The molecule has 0 aliphatic carbocycles. The Morgan fingerprint density at radius 1 is 1.06 bits per heavy atom. The Hall–Kier alpha value is -2.83. The normalized spacial score (nSPS) is 19.6. The van der Waals surface area contributed by atoms with E-state index in [0.717, 1.165) is 49.2 Å². The number of rotatable bonds is 9. The summed E-state index contributed by atoms with van der Waals surface area (Å²) >= 11 is 1.13. The molecule has 0 unspecified atom stereocenters. The van der Waals surface area contributed by atoms with E-state index in [4.69, 9.17) is 4.74 Å². The van der Waals surface area contributed by atoms with E-state index in [9.17, 15) is 21.6 Å². The number of hydrogen-bond donors (Lipinski definition) is 2. The highest BCUT2D eigenvalue weighted by atomic mass is 32.2. The van der Waals surface area contributed by atoms with Crippen LogP contribution in [0.1, 0.15) is 36.8 Å². The minimum atomic E-state index is -4.53. The van der Waals surface area contributed by atoms with E-state index in [0.29, 0.717) is 35.5 Å². The molecule has 2 aliphatic heterocycles. The van der Waals surface area contributed by atoms with Crippen LogP contribution in [0.3, 0.4) is 0 Å². The largest absolute Gasteiger partial charge is 0.496 e. The van der Waals surface area contributed by atoms with Gasteiger partial charge in [-0.1, -0.05) is 0 Å². The van der Waals surface area contributed by atoms with E-state index in [1.165, 1.54) is 24.1 Å². The average Bonchev–Trinajstić information content (AvgIpc) is 3.56. The van der Waals surface area contributed by atoms with Crippen LogP contribution >= 0.6 is 11.3 Å². The zero-order chi connectivity index (χ0) is 25.4. The van der Waals surface area contributed by atoms with Crippen molar-refractivity contribution in [1.82, 2.24) is 9.88 Å². The Morgan fingerprint density at radius 3 is 2.31 bits per heavy atom. The first-order valence-corrected chi connectivity index (χ1v) is 13.9. The maximum Gasteiger partial charge on any atom is 0.268 e. The van der Waals surface area contributed by atoms with Gasteiger partial charge in [-0.05, 0) is 49.9 Å². The number of sulfonamides is 1. The lowest BCUT2D eigenvalue weighted by Gasteiger charge is -2.25. The van der Waals surface area contributed by atoms with Crippen molar-refractivity contribution in [3.8, 4) is 5.75 Å². The molecule has 2 aromatic carbocycles. The number of ether oxygens (including phenoxy) is 1. The van der Waals surface area contributed by atoms with Gasteiger partial charge in [-0.3, -0.25) is 9.62 Å². The van der Waals surface area contributed by atoms with Crippen molar-refractivity contribution in [3.63, 3.8) is 0 Å². The smallest absolute Gasteiger partial charge is 0.268 e. The summed E-state index contributed by atoms with van der Waals surface area (Å²) in [5.41, 5.74) is 2.39. The molecule has 5 rings (SSSR count). The van der Waals surface area contributed by atoms with Crippen molar-refractivity contribution in [2.45, 2.75) is 55.8 Å². The van der Waals surface area contributed by atoms with Gasteiger partial charge < -0.3 is 10.1 Å². The van der Waals surface area contributed by atoms with Gasteiger partial charge in [-0.15, -0.1) is 11.3 Å². The lowest BCUT2D eigenvalue weighted by molar-refractivity contribution is 0.238. The van der Waals surface area contributed by atoms with Crippen molar-refractivity contribution >= 4 is 32.9 Å². The summed E-state index contributed by atoms with van der Waals surface area (Å²) in [5.74, 6) is -2.50. The van der Waals surface area contributed by atoms with Crippen LogP contribution in [0, 0.1) is 17.5 Å². The van der Waals surface area contributed by atoms with Gasteiger partial charge in [-0.2, -0.15) is 0 Å². The van der Waals surface area contributed by atoms with Crippen molar-refractivity contribution < 1.29 is 26.3 Å². The summed E-state index contributed by atoms with van der Waals surface area (Å²) in [4.78, 5) is 5.04. The van der Waals surface area contributed by atoms with Crippen LogP contribution in [-0.4, -0.2) is 37.5 Å². The second-order valence-corrected chi connectivity index (χ2v) is 11.3. The number of aromatic nitrogens is 1. The third-order valence-electron chi connectivity index (χ3n) is 6.90. The molecule has 0 saturated carbocycles. The van der Waals surface area contributed by atoms with E-state index >= 15 is 0 Å². The summed E-state index contributed by atoms with van der Waals surface area (Å²) in [5, 5.41) is 4.24. The Balaban J connectivity index is 1.38. The standard InChI is InChI=1S/C24H25F3N4O3S2/c1-34-22-7-6-19(25)17(18(22)11-31-15-2-3-16(31)5-4-15)10-28-14-8-20(26)24(21(27)9-14)36(32,33)30-23-12-35-13-29-23/h6-9,12-13,15-16,28,30H,2-5,10-11H2,1H3. The first kappa shape index (κ1) is 24.8. The maximum atomic E-state index is 15.0. The number of hydrogen-bond acceptors (Lipinski definition) is 7. The number of benzene rings is 2. The third kappa shape index (κ3) is 4.76. The predicted molar refractivity (Wildman–Crippen MR) is 131 cm³/mol. The molecule has 36 heavy (non-hydrogen) atoms. The summed E-state index contributed by atoms with van der Waals surface area (Å²) in [6.07, 6.45) is 4.50. The Kier molecular flexibility index (Phi) is 6.84. The number of fused-ring (bicyclic) bond motifs is 2. The maximum absolute atomic E-state index is 15.0. The predicted octanol–water partition coefficient (Wildman–Crippen LogP) is 5.11. The van der Waals surface area contributed by atoms with Gasteiger partial charge >= 0.3 is 0 Å². The summed E-state index contributed by atoms with van der Waals surface area (Å²) in [6.45, 7) is 0.457. The van der Waals surface area contributed by atoms with Gasteiger partial charge in [0.2, 0.25) is 0 Å². The lowest BCUT2D eigenvalue weighted by Crippen LogP contribution is -2.29. The highest BCUT2D eigenvalue weighted by Crippen LogP contribution is 2.40. The van der Waals surface area contributed by atoms with Crippen molar-refractivity contribution in [2.24, 2.45) is 0 Å². The van der Waals surface area contributed by atoms with E-state index in [-0.39, 0.29) is 18.1 Å². The molecule has 192 valence electrons. The van der Waals surface area contributed by atoms with E-state index in [1.54, 1.807) is 6.07 Å². The minimum absolute atomic E-state index is 0.0213. The van der Waals surface area contributed by atoms with Gasteiger partial charge in [0.05, 0.1) is 12.6 Å². The molecule has 2 aliphatic rings. The first-order chi connectivity index (χ1) is 17.3. The van der Waals surface area contributed by atoms with Crippen molar-refractivity contribution in [1.29, 1.82) is 0 Å². The van der Waals surface area contributed by atoms with E-state index in [1.807, 2.05) is 0 Å². The van der Waals surface area contributed by atoms with E-state index < -0.39 is 32.4 Å². The summed E-state index contributed by atoms with van der Waals surface area (Å²) < 4.78 is 77.1. The number of nitrogens with zero attached hydrogens (tertiary/aromatic N) is 2. The van der Waals surface area contributed by atoms with Crippen molar-refractivity contribution in [3.05, 3.63) is 63.7 Å². The van der Waals surface area contributed by atoms with Crippen LogP contribution in [0.4, 0.5) is 24.7 Å². The number of anilines is 2. The monoisotopic (exact) mass is 538 g/mol. The van der Waals surface area contributed by atoms with Crippen LogP contribution in [0.2, 0.25) is 0 Å². The fourth-order valence-corrected chi connectivity index (χ4v) is 6.90. The third-order valence-corrected chi connectivity index (χ3v) is 8.90. The molecule has 0 atom stereocenters. The Morgan fingerprint density at radius 2 is 1.72 bits per heavy atom. The molecule has 0 spiro atoms. The first-order valence-electron chi connectivity index (χ1n) is 11.5. The molecule has 12 heteroatoms. The van der Waals surface area contributed by atoms with Crippen LogP contribution in [0.15, 0.2) is 40.1 Å². The van der Waals surface area contributed by atoms with Crippen LogP contribution in [0.25, 0.3) is 0 Å². The van der Waals surface area contributed by atoms with Gasteiger partial charge in [-0.25, -0.2) is 26.6 Å². The highest BCUT2D eigenvalue weighted by molar-refractivity contribution is 7.92. The minimum Gasteiger partial charge on any atom is -0.496 e. The van der Waals surface area contributed by atoms with Crippen LogP contribution in [-0.2, 0) is 23.1 Å². The van der Waals surface area contributed by atoms with Crippen LogP contribution in [0.5, 0.6) is 5.75 Å². The molecule has 3 heterocycles. The zero-order valence-electron chi connectivity index (χ0n) is 19.4. The van der Waals surface area contributed by atoms with Gasteiger partial charge in [0.15, 0.2) is 10.7 Å². The molecule has 1 aromatic heterocycles. The van der Waals surface area contributed by atoms with E-state index in [2.05, 4.69) is 19.9 Å². The zero-order valence-corrected chi connectivity index (χ0v) is 21.1. The molecule has 0 amide bonds. The Labute approximate surface area is 211 Å².